The number of nitrogens with one attached hydrogen (secondary N) is 2. The van der Waals surface area contributed by atoms with Crippen molar-refractivity contribution in [1.29, 1.82) is 0 Å². The third-order valence-electron chi connectivity index (χ3n) is 8.13. The van der Waals surface area contributed by atoms with Crippen molar-refractivity contribution < 1.29 is 9.84 Å². The molecule has 3 aromatic heterocycles. The van der Waals surface area contributed by atoms with Crippen molar-refractivity contribution in [2.45, 2.75) is 45.6 Å². The van der Waals surface area contributed by atoms with Gasteiger partial charge in [-0.15, -0.1) is 0 Å². The lowest BCUT2D eigenvalue weighted by Crippen LogP contribution is -2.30. The van der Waals surface area contributed by atoms with E-state index in [0.717, 1.165) is 64.2 Å². The molecule has 4 aromatic rings. The predicted octanol–water partition coefficient (Wildman–Crippen LogP) is 4.57. The minimum Gasteiger partial charge on any atom is -0.508 e. The largest absolute Gasteiger partial charge is 0.508 e. The first kappa shape index (κ1) is 25.2. The van der Waals surface area contributed by atoms with Crippen molar-refractivity contribution >= 4 is 22.7 Å². The number of aryl methyl sites for hydroxylation is 2. The summed E-state index contributed by atoms with van der Waals surface area (Å²) >= 11 is 0. The Hall–Kier alpha value is -4.11. The Labute approximate surface area is 228 Å². The molecule has 1 aliphatic carbocycles. The molecule has 1 atom stereocenters. The van der Waals surface area contributed by atoms with Crippen LogP contribution in [-0.4, -0.2) is 51.8 Å². The molecule has 202 valence electrons. The van der Waals surface area contributed by atoms with Gasteiger partial charge in [0.1, 0.15) is 11.6 Å². The summed E-state index contributed by atoms with van der Waals surface area (Å²) in [6.07, 6.45) is 10.2. The summed E-state index contributed by atoms with van der Waals surface area (Å²) in [4.78, 5) is 9.19. The number of aromatic nitrogens is 3. The summed E-state index contributed by atoms with van der Waals surface area (Å²) in [6, 6.07) is 9.62. The summed E-state index contributed by atoms with van der Waals surface area (Å²) in [5.74, 6) is 1.18. The highest BCUT2D eigenvalue weighted by Crippen LogP contribution is 2.51. The number of aliphatic imine (C=N–C) groups is 1. The Kier molecular flexibility index (Phi) is 6.38. The van der Waals surface area contributed by atoms with Gasteiger partial charge >= 0.3 is 0 Å². The van der Waals surface area contributed by atoms with E-state index in [1.807, 2.05) is 36.8 Å². The van der Waals surface area contributed by atoms with Gasteiger partial charge in [0, 0.05) is 48.7 Å². The summed E-state index contributed by atoms with van der Waals surface area (Å²) in [7, 11) is 1.62. The first-order valence-electron chi connectivity index (χ1n) is 13.5. The first-order chi connectivity index (χ1) is 18.9. The molecule has 0 radical (unpaired) electrons. The summed E-state index contributed by atoms with van der Waals surface area (Å²) < 4.78 is 7.17. The number of benzene rings is 1. The lowest BCUT2D eigenvalue weighted by molar-refractivity contribution is 0.397. The molecule has 6 rings (SSSR count). The van der Waals surface area contributed by atoms with E-state index in [0.29, 0.717) is 23.2 Å². The number of phenols is 1. The number of anilines is 1. The van der Waals surface area contributed by atoms with Crippen LogP contribution in [0.5, 0.6) is 11.6 Å². The Morgan fingerprint density at radius 2 is 2.13 bits per heavy atom. The van der Waals surface area contributed by atoms with Gasteiger partial charge in [0.05, 0.1) is 35.8 Å². The molecular formula is C30H35N7O2. The van der Waals surface area contributed by atoms with E-state index in [1.165, 1.54) is 19.3 Å². The molecule has 4 heterocycles. The van der Waals surface area contributed by atoms with Gasteiger partial charge in [0.2, 0.25) is 5.88 Å². The quantitative estimate of drug-likeness (QED) is 0.196. The van der Waals surface area contributed by atoms with Gasteiger partial charge in [0.15, 0.2) is 0 Å². The van der Waals surface area contributed by atoms with E-state index >= 15 is 0 Å². The zero-order valence-electron chi connectivity index (χ0n) is 22.7. The fraction of sp³-hybridized carbons (Fsp3) is 0.367. The van der Waals surface area contributed by atoms with E-state index in [1.54, 1.807) is 31.5 Å². The zero-order valence-corrected chi connectivity index (χ0v) is 22.7. The molecular weight excluding hydrogens is 490 g/mol. The lowest BCUT2D eigenvalue weighted by Gasteiger charge is -2.17. The van der Waals surface area contributed by atoms with Crippen LogP contribution in [0, 0.1) is 12.3 Å². The van der Waals surface area contributed by atoms with E-state index < -0.39 is 0 Å². The number of pyridine rings is 1. The molecule has 1 saturated heterocycles. The molecule has 1 spiro atoms. The average molecular weight is 526 g/mol. The fourth-order valence-electron chi connectivity index (χ4n) is 5.64. The maximum atomic E-state index is 9.92. The molecule has 9 heteroatoms. The number of fused-ring (bicyclic) bond motifs is 1. The topological polar surface area (TPSA) is 122 Å². The van der Waals surface area contributed by atoms with Gasteiger partial charge in [-0.1, -0.05) is 6.92 Å². The third-order valence-corrected chi connectivity index (χ3v) is 8.13. The maximum Gasteiger partial charge on any atom is 0.213 e. The van der Waals surface area contributed by atoms with Gasteiger partial charge in [-0.05, 0) is 73.4 Å². The van der Waals surface area contributed by atoms with Gasteiger partial charge < -0.3 is 26.2 Å². The second-order valence-corrected chi connectivity index (χ2v) is 10.9. The van der Waals surface area contributed by atoms with E-state index in [-0.39, 0.29) is 5.75 Å². The first-order valence-corrected chi connectivity index (χ1v) is 13.5. The minimum absolute atomic E-state index is 0.219. The number of methoxy groups -OCH3 is 1. The fourth-order valence-corrected chi connectivity index (χ4v) is 5.64. The number of rotatable bonds is 8. The van der Waals surface area contributed by atoms with Crippen molar-refractivity contribution in [2.75, 3.05) is 25.5 Å². The number of nitrogens with two attached hydrogens (primary N) is 1. The lowest BCUT2D eigenvalue weighted by atomic mass is 10.0. The van der Waals surface area contributed by atoms with Crippen LogP contribution in [0.4, 0.5) is 11.4 Å². The summed E-state index contributed by atoms with van der Waals surface area (Å²) in [5.41, 5.74) is 14.5. The molecule has 1 saturated carbocycles. The number of phenolic OH excluding ortho intramolecular Hbond substituents is 1. The normalized spacial score (nSPS) is 18.1. The molecule has 2 aliphatic rings. The van der Waals surface area contributed by atoms with Gasteiger partial charge in [-0.3, -0.25) is 0 Å². The zero-order chi connectivity index (χ0) is 27.1. The highest BCUT2D eigenvalue weighted by atomic mass is 16.5. The Morgan fingerprint density at radius 3 is 2.85 bits per heavy atom. The Balaban J connectivity index is 1.41. The SMILES string of the molecule is CCc1cc(O)ccc1N=C(N)c1cnn2cc(-c3cnc(OC)cc3C)cc2c1NCC1CC2(CC2)CN1. The summed E-state index contributed by atoms with van der Waals surface area (Å²) in [6.45, 7) is 5.96. The average Bonchev–Trinajstić information content (AvgIpc) is 3.36. The molecule has 0 amide bonds. The van der Waals surface area contributed by atoms with Crippen LogP contribution in [0.2, 0.25) is 0 Å². The molecule has 9 nitrogen and oxygen atoms in total. The molecule has 2 fully saturated rings. The molecule has 1 aromatic carbocycles. The number of hydrogen-bond donors (Lipinski definition) is 4. The van der Waals surface area contributed by atoms with Crippen molar-refractivity contribution in [1.82, 2.24) is 19.9 Å². The van der Waals surface area contributed by atoms with Gasteiger partial charge in [-0.25, -0.2) is 14.5 Å². The van der Waals surface area contributed by atoms with Crippen LogP contribution in [0.25, 0.3) is 16.6 Å². The standard InChI is InChI=1S/C30H35N7O2/c1-4-19-10-22(38)5-6-25(19)36-29(31)24-15-35-37-16-20(23-14-32-27(39-3)9-18(23)2)11-26(37)28(24)33-13-21-12-30(7-8-30)17-34-21/h5-6,9-11,14-16,21,33-34,38H,4,7-8,12-13,17H2,1-3H3,(H2,31,36). The van der Waals surface area contributed by atoms with Crippen molar-refractivity contribution in [3.63, 3.8) is 0 Å². The molecule has 1 unspecified atom stereocenters. The highest BCUT2D eigenvalue weighted by Gasteiger charge is 2.48. The molecule has 1 aliphatic heterocycles. The van der Waals surface area contributed by atoms with Gasteiger partial charge in [-0.2, -0.15) is 5.10 Å². The predicted molar refractivity (Wildman–Crippen MR) is 154 cm³/mol. The van der Waals surface area contributed by atoms with Crippen molar-refractivity contribution in [3.05, 3.63) is 65.6 Å². The number of nitrogens with zero attached hydrogens (tertiary/aromatic N) is 4. The number of hydrogen-bond acceptors (Lipinski definition) is 7. The van der Waals surface area contributed by atoms with E-state index in [9.17, 15) is 5.11 Å². The highest BCUT2D eigenvalue weighted by molar-refractivity contribution is 6.06. The Bertz CT molecular complexity index is 1570. The van der Waals surface area contributed by atoms with Crippen LogP contribution < -0.4 is 21.1 Å². The second kappa shape index (κ2) is 9.89. The number of amidine groups is 1. The Morgan fingerprint density at radius 1 is 1.28 bits per heavy atom. The summed E-state index contributed by atoms with van der Waals surface area (Å²) in [5, 5.41) is 22.0. The van der Waals surface area contributed by atoms with Crippen LogP contribution >= 0.6 is 0 Å². The van der Waals surface area contributed by atoms with Crippen LogP contribution in [-0.2, 0) is 6.42 Å². The monoisotopic (exact) mass is 525 g/mol. The van der Waals surface area contributed by atoms with Crippen LogP contribution in [0.3, 0.4) is 0 Å². The minimum atomic E-state index is 0.219. The molecule has 39 heavy (non-hydrogen) atoms. The molecule has 5 N–H and O–H groups in total. The smallest absolute Gasteiger partial charge is 0.213 e. The third kappa shape index (κ3) is 4.90. The van der Waals surface area contributed by atoms with E-state index in [2.05, 4.69) is 21.7 Å². The number of ether oxygens (including phenoxy) is 1. The van der Waals surface area contributed by atoms with Crippen LogP contribution in [0.1, 0.15) is 42.9 Å². The van der Waals surface area contributed by atoms with Gasteiger partial charge in [0.25, 0.3) is 0 Å². The van der Waals surface area contributed by atoms with Crippen molar-refractivity contribution in [2.24, 2.45) is 16.1 Å². The number of aromatic hydroxyl groups is 1. The molecule has 0 bridgehead atoms. The van der Waals surface area contributed by atoms with E-state index in [4.69, 9.17) is 20.6 Å². The second-order valence-electron chi connectivity index (χ2n) is 10.9. The van der Waals surface area contributed by atoms with Crippen molar-refractivity contribution in [3.8, 4) is 22.8 Å². The van der Waals surface area contributed by atoms with Crippen LogP contribution in [0.15, 0.2) is 53.9 Å². The maximum absolute atomic E-state index is 9.92.